The maximum Gasteiger partial charge on any atom is 0.252 e. The Morgan fingerprint density at radius 2 is 1.71 bits per heavy atom. The van der Waals surface area contributed by atoms with Crippen molar-refractivity contribution in [2.45, 2.75) is 45.3 Å². The highest BCUT2D eigenvalue weighted by atomic mass is 35.5. The fourth-order valence-corrected chi connectivity index (χ4v) is 5.47. The molecule has 0 unspecified atom stereocenters. The molecule has 0 aliphatic carbocycles. The highest BCUT2D eigenvalue weighted by Crippen LogP contribution is 2.30. The van der Waals surface area contributed by atoms with E-state index in [9.17, 15) is 9.18 Å². The predicted molar refractivity (Wildman–Crippen MR) is 166 cm³/mol. The Hall–Kier alpha value is -2.97. The number of piperidine rings is 1. The van der Waals surface area contributed by atoms with Gasteiger partial charge in [-0.25, -0.2) is 4.39 Å². The Morgan fingerprint density at radius 1 is 1.00 bits per heavy atom. The number of hydrogen-bond acceptors (Lipinski definition) is 5. The van der Waals surface area contributed by atoms with Crippen molar-refractivity contribution in [2.24, 2.45) is 5.92 Å². The molecule has 1 aliphatic rings. The Morgan fingerprint density at radius 3 is 2.39 bits per heavy atom. The fraction of sp³-hybridized carbons (Fsp3) is 0.375. The summed E-state index contributed by atoms with van der Waals surface area (Å²) >= 11 is 0. The largest absolute Gasteiger partial charge is 0.356 e. The van der Waals surface area contributed by atoms with Gasteiger partial charge in [-0.05, 0) is 94.2 Å². The van der Waals surface area contributed by atoms with Crippen molar-refractivity contribution in [1.82, 2.24) is 20.3 Å². The summed E-state index contributed by atoms with van der Waals surface area (Å²) in [4.78, 5) is 17.7. The van der Waals surface area contributed by atoms with Crippen molar-refractivity contribution in [1.29, 1.82) is 0 Å². The molecule has 5 rings (SSSR count). The van der Waals surface area contributed by atoms with E-state index in [1.54, 1.807) is 12.1 Å². The molecule has 0 saturated carbocycles. The van der Waals surface area contributed by atoms with Crippen LogP contribution in [0.3, 0.4) is 0 Å². The number of carbonyl (C=O) groups excluding carboxylic acids is 1. The molecule has 1 amide bonds. The second-order valence-electron chi connectivity index (χ2n) is 10.9. The van der Waals surface area contributed by atoms with Crippen molar-refractivity contribution in [3.8, 4) is 0 Å². The van der Waals surface area contributed by atoms with Gasteiger partial charge >= 0.3 is 0 Å². The van der Waals surface area contributed by atoms with E-state index in [0.717, 1.165) is 54.7 Å². The lowest BCUT2D eigenvalue weighted by Gasteiger charge is -2.31. The molecule has 3 aromatic carbocycles. The summed E-state index contributed by atoms with van der Waals surface area (Å²) in [5.74, 6) is 0.207. The number of likely N-dealkylation sites (tertiary alicyclic amines) is 1. The Balaban J connectivity index is 0.00000231. The zero-order valence-corrected chi connectivity index (χ0v) is 25.3. The SMILES string of the molecule is CN(C)Cc1c(C(=O)NCc2ccc(F)cc2)ccc2c(CCC3CCN(Cc4ccccc4)CC3)noc12.Cl.Cl. The van der Waals surface area contributed by atoms with Gasteiger partial charge in [0.2, 0.25) is 0 Å². The molecule has 9 heteroatoms. The molecule has 0 bridgehead atoms. The summed E-state index contributed by atoms with van der Waals surface area (Å²) in [5.41, 5.74) is 5.28. The van der Waals surface area contributed by atoms with Gasteiger partial charge in [0, 0.05) is 36.1 Å². The minimum absolute atomic E-state index is 0. The molecule has 0 atom stereocenters. The van der Waals surface area contributed by atoms with E-state index >= 15 is 0 Å². The molecule has 2 heterocycles. The molecule has 1 fully saturated rings. The number of carbonyl (C=O) groups is 1. The average molecular weight is 602 g/mol. The minimum atomic E-state index is -0.293. The number of fused-ring (bicyclic) bond motifs is 1. The maximum absolute atomic E-state index is 13.2. The molecule has 1 aliphatic heterocycles. The summed E-state index contributed by atoms with van der Waals surface area (Å²) in [6.07, 6.45) is 4.36. The smallest absolute Gasteiger partial charge is 0.252 e. The first kappa shape index (κ1) is 32.5. The number of aromatic nitrogens is 1. The number of nitrogens with zero attached hydrogens (tertiary/aromatic N) is 3. The second-order valence-corrected chi connectivity index (χ2v) is 10.9. The van der Waals surface area contributed by atoms with Crippen molar-refractivity contribution in [3.63, 3.8) is 0 Å². The van der Waals surface area contributed by atoms with Crippen molar-refractivity contribution in [3.05, 3.63) is 100 Å². The van der Waals surface area contributed by atoms with Crippen molar-refractivity contribution < 1.29 is 13.7 Å². The first-order valence-corrected chi connectivity index (χ1v) is 13.8. The van der Waals surface area contributed by atoms with Crippen LogP contribution in [0.25, 0.3) is 11.0 Å². The predicted octanol–water partition coefficient (Wildman–Crippen LogP) is 6.65. The van der Waals surface area contributed by atoms with Gasteiger partial charge < -0.3 is 14.7 Å². The van der Waals surface area contributed by atoms with Gasteiger partial charge in [-0.2, -0.15) is 0 Å². The number of rotatable bonds is 10. The minimum Gasteiger partial charge on any atom is -0.356 e. The first-order chi connectivity index (χ1) is 19.0. The highest BCUT2D eigenvalue weighted by Gasteiger charge is 2.23. The van der Waals surface area contributed by atoms with Crippen LogP contribution in [0.1, 0.15) is 52.0 Å². The van der Waals surface area contributed by atoms with Crippen LogP contribution in [-0.2, 0) is 26.1 Å². The number of nitrogens with one attached hydrogen (secondary N) is 1. The van der Waals surface area contributed by atoms with Crippen LogP contribution in [0.4, 0.5) is 4.39 Å². The summed E-state index contributed by atoms with van der Waals surface area (Å²) in [5, 5.41) is 8.40. The molecule has 220 valence electrons. The second kappa shape index (κ2) is 15.3. The first-order valence-electron chi connectivity index (χ1n) is 13.8. The third kappa shape index (κ3) is 8.52. The van der Waals surface area contributed by atoms with Crippen LogP contribution in [-0.4, -0.2) is 48.0 Å². The van der Waals surface area contributed by atoms with Gasteiger partial charge in [-0.3, -0.25) is 9.69 Å². The lowest BCUT2D eigenvalue weighted by molar-refractivity contribution is 0.0949. The average Bonchev–Trinajstić information content (AvgIpc) is 3.36. The quantitative estimate of drug-likeness (QED) is 0.221. The van der Waals surface area contributed by atoms with Crippen LogP contribution >= 0.6 is 24.8 Å². The molecule has 1 aromatic heterocycles. The maximum atomic E-state index is 13.2. The molecule has 1 saturated heterocycles. The number of amides is 1. The van der Waals surface area contributed by atoms with E-state index in [2.05, 4.69) is 45.7 Å². The number of halogens is 3. The summed E-state index contributed by atoms with van der Waals surface area (Å²) in [6.45, 7) is 4.16. The Kier molecular flexibility index (Phi) is 12.2. The van der Waals surface area contributed by atoms with Gasteiger partial charge in [0.05, 0.1) is 5.69 Å². The van der Waals surface area contributed by atoms with E-state index in [4.69, 9.17) is 4.52 Å². The number of benzene rings is 3. The van der Waals surface area contributed by atoms with Gasteiger partial charge in [-0.1, -0.05) is 47.6 Å². The van der Waals surface area contributed by atoms with Gasteiger partial charge in [0.1, 0.15) is 5.82 Å². The van der Waals surface area contributed by atoms with Crippen LogP contribution in [0.15, 0.2) is 71.3 Å². The van der Waals surface area contributed by atoms with Crippen molar-refractivity contribution >= 4 is 41.7 Å². The molecular formula is C32H39Cl2FN4O2. The normalized spacial score (nSPS) is 14.0. The van der Waals surface area contributed by atoms with E-state index in [0.29, 0.717) is 30.2 Å². The van der Waals surface area contributed by atoms with Gasteiger partial charge in [0.15, 0.2) is 5.58 Å². The molecule has 6 nitrogen and oxygen atoms in total. The standard InChI is InChI=1S/C32H37FN4O2.2ClH/c1-36(2)22-29-27(32(38)34-20-24-8-11-26(33)12-9-24)13-14-28-30(35-39-31(28)29)15-10-23-16-18-37(19-17-23)21-25-6-4-3-5-7-25;;/h3-9,11-14,23H,10,15-22H2,1-2H3,(H,34,38);2*1H. The summed E-state index contributed by atoms with van der Waals surface area (Å²) in [6, 6.07) is 20.7. The molecule has 1 N–H and O–H groups in total. The van der Waals surface area contributed by atoms with Gasteiger partial charge in [-0.15, -0.1) is 24.8 Å². The van der Waals surface area contributed by atoms with E-state index < -0.39 is 0 Å². The fourth-order valence-electron chi connectivity index (χ4n) is 5.47. The summed E-state index contributed by atoms with van der Waals surface area (Å²) < 4.78 is 19.1. The zero-order valence-electron chi connectivity index (χ0n) is 23.6. The topological polar surface area (TPSA) is 61.6 Å². The Labute approximate surface area is 254 Å². The third-order valence-corrected chi connectivity index (χ3v) is 7.65. The van der Waals surface area contributed by atoms with E-state index in [1.807, 2.05) is 31.1 Å². The molecular weight excluding hydrogens is 562 g/mol. The lowest BCUT2D eigenvalue weighted by atomic mass is 9.90. The van der Waals surface area contributed by atoms with Crippen LogP contribution in [0.2, 0.25) is 0 Å². The van der Waals surface area contributed by atoms with E-state index in [-0.39, 0.29) is 36.5 Å². The number of hydrogen-bond donors (Lipinski definition) is 1. The zero-order chi connectivity index (χ0) is 27.2. The molecule has 4 aromatic rings. The Bertz CT molecular complexity index is 1390. The van der Waals surface area contributed by atoms with Crippen LogP contribution in [0, 0.1) is 11.7 Å². The monoisotopic (exact) mass is 600 g/mol. The number of aryl methyl sites for hydroxylation is 1. The summed E-state index contributed by atoms with van der Waals surface area (Å²) in [7, 11) is 3.95. The molecule has 0 spiro atoms. The highest BCUT2D eigenvalue weighted by molar-refractivity contribution is 6.00. The van der Waals surface area contributed by atoms with Crippen LogP contribution < -0.4 is 5.32 Å². The third-order valence-electron chi connectivity index (χ3n) is 7.65. The van der Waals surface area contributed by atoms with Crippen molar-refractivity contribution in [2.75, 3.05) is 27.2 Å². The van der Waals surface area contributed by atoms with Gasteiger partial charge in [0.25, 0.3) is 5.91 Å². The lowest BCUT2D eigenvalue weighted by Crippen LogP contribution is -2.33. The molecule has 41 heavy (non-hydrogen) atoms. The molecule has 0 radical (unpaired) electrons. The van der Waals surface area contributed by atoms with Crippen LogP contribution in [0.5, 0.6) is 0 Å². The van der Waals surface area contributed by atoms with E-state index in [1.165, 1.54) is 30.5 Å².